The Morgan fingerprint density at radius 3 is 2.37 bits per heavy atom. The molecule has 4 rings (SSSR count). The minimum atomic E-state index is 0.135. The summed E-state index contributed by atoms with van der Waals surface area (Å²) < 4.78 is 8.50. The Hall–Kier alpha value is -3.07. The molecule has 0 saturated heterocycles. The number of para-hydroxylation sites is 2. The van der Waals surface area contributed by atoms with Gasteiger partial charge < -0.3 is 9.30 Å². The van der Waals surface area contributed by atoms with Gasteiger partial charge in [-0.2, -0.15) is 0 Å². The summed E-state index contributed by atoms with van der Waals surface area (Å²) in [4.78, 5) is 4.93. The number of imidazole rings is 1. The van der Waals surface area contributed by atoms with E-state index in [9.17, 15) is 0 Å². The summed E-state index contributed by atoms with van der Waals surface area (Å²) >= 11 is 0. The summed E-state index contributed by atoms with van der Waals surface area (Å²) in [6, 6.07) is 25.0. The van der Waals surface area contributed by atoms with Crippen molar-refractivity contribution < 1.29 is 4.74 Å². The van der Waals surface area contributed by atoms with Gasteiger partial charge in [0.2, 0.25) is 0 Å². The Bertz CT molecular complexity index is 1130. The van der Waals surface area contributed by atoms with E-state index >= 15 is 0 Å². The van der Waals surface area contributed by atoms with E-state index in [1.165, 1.54) is 11.1 Å². The summed E-state index contributed by atoms with van der Waals surface area (Å²) in [5, 5.41) is 0. The second-order valence-electron chi connectivity index (χ2n) is 8.83. The van der Waals surface area contributed by atoms with Crippen LogP contribution in [0.3, 0.4) is 0 Å². The molecule has 0 aliphatic carbocycles. The van der Waals surface area contributed by atoms with E-state index in [2.05, 4.69) is 74.7 Å². The lowest BCUT2D eigenvalue weighted by Crippen LogP contribution is -2.10. The van der Waals surface area contributed by atoms with E-state index in [0.29, 0.717) is 0 Å². The zero-order valence-corrected chi connectivity index (χ0v) is 18.4. The second kappa shape index (κ2) is 8.35. The van der Waals surface area contributed by atoms with Gasteiger partial charge in [-0.3, -0.25) is 0 Å². The number of hydrogen-bond donors (Lipinski definition) is 0. The molecule has 0 atom stereocenters. The highest BCUT2D eigenvalue weighted by Crippen LogP contribution is 2.31. The third-order valence-electron chi connectivity index (χ3n) is 5.44. The molecule has 0 saturated carbocycles. The van der Waals surface area contributed by atoms with Crippen molar-refractivity contribution in [3.63, 3.8) is 0 Å². The third kappa shape index (κ3) is 4.25. The molecule has 154 valence electrons. The van der Waals surface area contributed by atoms with Crippen LogP contribution in [0.2, 0.25) is 0 Å². The molecule has 0 amide bonds. The van der Waals surface area contributed by atoms with Gasteiger partial charge in [0.15, 0.2) is 0 Å². The number of benzene rings is 3. The summed E-state index contributed by atoms with van der Waals surface area (Å²) in [6.45, 7) is 9.84. The van der Waals surface area contributed by atoms with Crippen molar-refractivity contribution in [3.8, 4) is 22.9 Å². The highest BCUT2D eigenvalue weighted by Gasteiger charge is 2.14. The van der Waals surface area contributed by atoms with Crippen LogP contribution in [-0.4, -0.2) is 9.55 Å². The van der Waals surface area contributed by atoms with E-state index < -0.39 is 0 Å². The standard InChI is InChI=1S/C27H30N2O/c1-5-6-18-29-25-13-8-7-12-24(25)28-26(29)20-10-9-11-23(19-20)30-22-16-14-21(15-17-22)27(2,3)4/h7-17,19H,5-6,18H2,1-4H3. The molecule has 0 N–H and O–H groups in total. The van der Waals surface area contributed by atoms with Crippen LogP contribution in [0.25, 0.3) is 22.4 Å². The minimum absolute atomic E-state index is 0.135. The topological polar surface area (TPSA) is 27.1 Å². The first-order chi connectivity index (χ1) is 14.5. The fraction of sp³-hybridized carbons (Fsp3) is 0.296. The average Bonchev–Trinajstić information content (AvgIpc) is 3.11. The maximum atomic E-state index is 6.17. The Balaban J connectivity index is 1.65. The summed E-state index contributed by atoms with van der Waals surface area (Å²) in [5.74, 6) is 2.67. The van der Waals surface area contributed by atoms with E-state index in [1.807, 2.05) is 30.3 Å². The Morgan fingerprint density at radius 1 is 0.867 bits per heavy atom. The summed E-state index contributed by atoms with van der Waals surface area (Å²) in [5.41, 5.74) is 4.73. The average molecular weight is 399 g/mol. The summed E-state index contributed by atoms with van der Waals surface area (Å²) in [6.07, 6.45) is 2.28. The van der Waals surface area contributed by atoms with E-state index in [0.717, 1.165) is 47.8 Å². The lowest BCUT2D eigenvalue weighted by Gasteiger charge is -2.19. The molecule has 0 spiro atoms. The fourth-order valence-corrected chi connectivity index (χ4v) is 3.70. The van der Waals surface area contributed by atoms with Crippen molar-refractivity contribution >= 4 is 11.0 Å². The number of hydrogen-bond acceptors (Lipinski definition) is 2. The smallest absolute Gasteiger partial charge is 0.141 e. The molecule has 0 bridgehead atoms. The number of nitrogens with zero attached hydrogens (tertiary/aromatic N) is 2. The minimum Gasteiger partial charge on any atom is -0.457 e. The van der Waals surface area contributed by atoms with Crippen molar-refractivity contribution in [2.45, 2.75) is 52.5 Å². The molecule has 4 aromatic rings. The van der Waals surface area contributed by atoms with Crippen LogP contribution in [-0.2, 0) is 12.0 Å². The van der Waals surface area contributed by atoms with Crippen molar-refractivity contribution in [2.75, 3.05) is 0 Å². The molecule has 0 aliphatic rings. The normalized spacial score (nSPS) is 11.7. The van der Waals surface area contributed by atoms with E-state index in [4.69, 9.17) is 9.72 Å². The molecule has 30 heavy (non-hydrogen) atoms. The van der Waals surface area contributed by atoms with Gasteiger partial charge in [0.1, 0.15) is 17.3 Å². The number of unbranched alkanes of at least 4 members (excludes halogenated alkanes) is 1. The maximum Gasteiger partial charge on any atom is 0.141 e. The van der Waals surface area contributed by atoms with Gasteiger partial charge in [0, 0.05) is 12.1 Å². The molecule has 0 aliphatic heterocycles. The first-order valence-electron chi connectivity index (χ1n) is 10.8. The largest absolute Gasteiger partial charge is 0.457 e. The number of rotatable bonds is 6. The highest BCUT2D eigenvalue weighted by atomic mass is 16.5. The molecule has 1 heterocycles. The van der Waals surface area contributed by atoms with Gasteiger partial charge in [-0.25, -0.2) is 4.98 Å². The van der Waals surface area contributed by atoms with Crippen LogP contribution >= 0.6 is 0 Å². The first-order valence-corrected chi connectivity index (χ1v) is 10.8. The van der Waals surface area contributed by atoms with Gasteiger partial charge in [-0.1, -0.05) is 70.5 Å². The predicted octanol–water partition coefficient (Wildman–Crippen LogP) is 7.59. The Morgan fingerprint density at radius 2 is 1.63 bits per heavy atom. The predicted molar refractivity (Wildman–Crippen MR) is 125 cm³/mol. The number of aryl methyl sites for hydroxylation is 1. The van der Waals surface area contributed by atoms with E-state index in [1.54, 1.807) is 0 Å². The Kier molecular flexibility index (Phi) is 5.63. The number of fused-ring (bicyclic) bond motifs is 1. The van der Waals surface area contributed by atoms with Gasteiger partial charge in [-0.05, 0) is 53.8 Å². The van der Waals surface area contributed by atoms with Crippen LogP contribution < -0.4 is 4.74 Å². The zero-order valence-electron chi connectivity index (χ0n) is 18.4. The third-order valence-corrected chi connectivity index (χ3v) is 5.44. The molecule has 0 fully saturated rings. The highest BCUT2D eigenvalue weighted by molar-refractivity contribution is 5.80. The van der Waals surface area contributed by atoms with Crippen LogP contribution in [0.4, 0.5) is 0 Å². The first kappa shape index (κ1) is 20.2. The van der Waals surface area contributed by atoms with Crippen LogP contribution in [0.5, 0.6) is 11.5 Å². The van der Waals surface area contributed by atoms with Gasteiger partial charge in [0.25, 0.3) is 0 Å². The second-order valence-corrected chi connectivity index (χ2v) is 8.83. The number of ether oxygens (including phenoxy) is 1. The van der Waals surface area contributed by atoms with E-state index in [-0.39, 0.29) is 5.41 Å². The molecule has 0 radical (unpaired) electrons. The quantitative estimate of drug-likeness (QED) is 0.334. The monoisotopic (exact) mass is 398 g/mol. The molecular weight excluding hydrogens is 368 g/mol. The molecule has 0 unspecified atom stereocenters. The molecular formula is C27H30N2O. The molecule has 3 heteroatoms. The lowest BCUT2D eigenvalue weighted by atomic mass is 9.87. The van der Waals surface area contributed by atoms with Gasteiger partial charge in [-0.15, -0.1) is 0 Å². The SMILES string of the molecule is CCCCn1c(-c2cccc(Oc3ccc(C(C)(C)C)cc3)c2)nc2ccccc21. The van der Waals surface area contributed by atoms with Gasteiger partial charge >= 0.3 is 0 Å². The Labute approximate surface area is 179 Å². The molecule has 3 nitrogen and oxygen atoms in total. The van der Waals surface area contributed by atoms with Crippen LogP contribution in [0.15, 0.2) is 72.8 Å². The molecule has 1 aromatic heterocycles. The number of aromatic nitrogens is 2. The fourth-order valence-electron chi connectivity index (χ4n) is 3.70. The van der Waals surface area contributed by atoms with Crippen LogP contribution in [0.1, 0.15) is 46.1 Å². The van der Waals surface area contributed by atoms with Crippen molar-refractivity contribution in [1.29, 1.82) is 0 Å². The maximum absolute atomic E-state index is 6.17. The molecule has 3 aromatic carbocycles. The van der Waals surface area contributed by atoms with Crippen molar-refractivity contribution in [2.24, 2.45) is 0 Å². The summed E-state index contributed by atoms with van der Waals surface area (Å²) in [7, 11) is 0. The van der Waals surface area contributed by atoms with Crippen molar-refractivity contribution in [3.05, 3.63) is 78.4 Å². The van der Waals surface area contributed by atoms with Gasteiger partial charge in [0.05, 0.1) is 11.0 Å². The van der Waals surface area contributed by atoms with Crippen LogP contribution in [0, 0.1) is 0 Å². The van der Waals surface area contributed by atoms with Crippen molar-refractivity contribution in [1.82, 2.24) is 9.55 Å². The lowest BCUT2D eigenvalue weighted by molar-refractivity contribution is 0.481. The zero-order chi connectivity index (χ0) is 21.1.